The van der Waals surface area contributed by atoms with Crippen LogP contribution in [0.5, 0.6) is 0 Å². The van der Waals surface area contributed by atoms with Crippen molar-refractivity contribution in [2.75, 3.05) is 18.2 Å². The van der Waals surface area contributed by atoms with Crippen molar-refractivity contribution in [3.05, 3.63) is 23.8 Å². The van der Waals surface area contributed by atoms with Crippen molar-refractivity contribution in [3.63, 3.8) is 0 Å². The largest absolute Gasteiger partial charge is 0.465 e. The normalized spacial score (nSPS) is 11.6. The molecule has 1 aromatic carbocycles. The SMILES string of the molecule is COC(=O)c1cccc(N)c1NC(C)C(N)=O. The highest BCUT2D eigenvalue weighted by Crippen LogP contribution is 2.24. The second kappa shape index (κ2) is 5.20. The molecular formula is C11H15N3O3. The average molecular weight is 237 g/mol. The molecule has 1 rings (SSSR count). The number of hydrogen-bond donors (Lipinski definition) is 3. The van der Waals surface area contributed by atoms with Gasteiger partial charge in [-0.15, -0.1) is 0 Å². The van der Waals surface area contributed by atoms with Crippen LogP contribution in [0.2, 0.25) is 0 Å². The Kier molecular flexibility index (Phi) is 3.92. The first-order chi connectivity index (χ1) is 7.97. The average Bonchev–Trinajstić information content (AvgIpc) is 2.30. The Morgan fingerprint density at radius 1 is 1.41 bits per heavy atom. The van der Waals surface area contributed by atoms with Crippen LogP contribution < -0.4 is 16.8 Å². The van der Waals surface area contributed by atoms with E-state index in [2.05, 4.69) is 10.1 Å². The molecule has 0 aliphatic heterocycles. The number of esters is 1. The number of para-hydroxylation sites is 1. The number of rotatable bonds is 4. The lowest BCUT2D eigenvalue weighted by Gasteiger charge is -2.16. The third kappa shape index (κ3) is 2.87. The standard InChI is InChI=1S/C11H15N3O3/c1-6(10(13)15)14-9-7(11(16)17-2)4-3-5-8(9)12/h3-6,14H,12H2,1-2H3,(H2,13,15). The maximum absolute atomic E-state index is 11.5. The van der Waals surface area contributed by atoms with E-state index in [-0.39, 0.29) is 5.56 Å². The van der Waals surface area contributed by atoms with Crippen molar-refractivity contribution in [2.24, 2.45) is 5.73 Å². The molecule has 0 radical (unpaired) electrons. The highest BCUT2D eigenvalue weighted by molar-refractivity contribution is 5.99. The monoisotopic (exact) mass is 237 g/mol. The van der Waals surface area contributed by atoms with Gasteiger partial charge in [0.25, 0.3) is 0 Å². The van der Waals surface area contributed by atoms with Crippen LogP contribution in [0.15, 0.2) is 18.2 Å². The summed E-state index contributed by atoms with van der Waals surface area (Å²) in [6.07, 6.45) is 0. The summed E-state index contributed by atoms with van der Waals surface area (Å²) >= 11 is 0. The molecule has 1 aromatic rings. The number of carbonyl (C=O) groups excluding carboxylic acids is 2. The molecule has 0 heterocycles. The Hall–Kier alpha value is -2.24. The number of nitrogens with two attached hydrogens (primary N) is 2. The van der Waals surface area contributed by atoms with Gasteiger partial charge in [0.05, 0.1) is 24.0 Å². The Morgan fingerprint density at radius 2 is 2.06 bits per heavy atom. The van der Waals surface area contributed by atoms with Crippen LogP contribution in [0.4, 0.5) is 11.4 Å². The Labute approximate surface area is 98.9 Å². The van der Waals surface area contributed by atoms with Crippen LogP contribution in [0.1, 0.15) is 17.3 Å². The summed E-state index contributed by atoms with van der Waals surface area (Å²) in [6.45, 7) is 1.58. The Balaban J connectivity index is 3.12. The molecule has 6 heteroatoms. The van der Waals surface area contributed by atoms with Gasteiger partial charge < -0.3 is 21.5 Å². The fraction of sp³-hybridized carbons (Fsp3) is 0.273. The third-order valence-electron chi connectivity index (χ3n) is 2.29. The smallest absolute Gasteiger partial charge is 0.340 e. The number of benzene rings is 1. The molecule has 5 N–H and O–H groups in total. The van der Waals surface area contributed by atoms with E-state index in [0.29, 0.717) is 11.4 Å². The number of hydrogen-bond acceptors (Lipinski definition) is 5. The van der Waals surface area contributed by atoms with Gasteiger partial charge in [-0.05, 0) is 19.1 Å². The quantitative estimate of drug-likeness (QED) is 0.517. The lowest BCUT2D eigenvalue weighted by atomic mass is 10.1. The van der Waals surface area contributed by atoms with Gasteiger partial charge in [-0.2, -0.15) is 0 Å². The van der Waals surface area contributed by atoms with E-state index >= 15 is 0 Å². The summed E-state index contributed by atoms with van der Waals surface area (Å²) in [5.74, 6) is -1.07. The molecule has 1 atom stereocenters. The molecule has 0 aliphatic rings. The van der Waals surface area contributed by atoms with E-state index in [1.165, 1.54) is 7.11 Å². The van der Waals surface area contributed by atoms with Crippen LogP contribution in [-0.4, -0.2) is 25.0 Å². The zero-order valence-corrected chi connectivity index (χ0v) is 9.69. The zero-order chi connectivity index (χ0) is 13.0. The van der Waals surface area contributed by atoms with Crippen LogP contribution in [0, 0.1) is 0 Å². The van der Waals surface area contributed by atoms with E-state index in [0.717, 1.165) is 0 Å². The summed E-state index contributed by atoms with van der Waals surface area (Å²) in [6, 6.07) is 4.16. The topological polar surface area (TPSA) is 107 Å². The molecule has 92 valence electrons. The Morgan fingerprint density at radius 3 is 2.59 bits per heavy atom. The van der Waals surface area contributed by atoms with Crippen molar-refractivity contribution in [2.45, 2.75) is 13.0 Å². The molecule has 0 fully saturated rings. The van der Waals surface area contributed by atoms with Crippen molar-refractivity contribution in [1.29, 1.82) is 0 Å². The summed E-state index contributed by atoms with van der Waals surface area (Å²) in [4.78, 5) is 22.5. The molecule has 0 saturated carbocycles. The molecule has 0 bridgehead atoms. The van der Waals surface area contributed by atoms with Crippen molar-refractivity contribution in [3.8, 4) is 0 Å². The number of carbonyl (C=O) groups is 2. The first kappa shape index (κ1) is 12.8. The predicted octanol–water partition coefficient (Wildman–Crippen LogP) is 0.341. The highest BCUT2D eigenvalue weighted by atomic mass is 16.5. The van der Waals surface area contributed by atoms with E-state index in [4.69, 9.17) is 11.5 Å². The molecular weight excluding hydrogens is 222 g/mol. The van der Waals surface area contributed by atoms with Gasteiger partial charge in [0.1, 0.15) is 6.04 Å². The van der Waals surface area contributed by atoms with E-state index in [1.807, 2.05) is 0 Å². The van der Waals surface area contributed by atoms with Crippen molar-refractivity contribution < 1.29 is 14.3 Å². The number of methoxy groups -OCH3 is 1. The van der Waals surface area contributed by atoms with Crippen LogP contribution in [-0.2, 0) is 9.53 Å². The van der Waals surface area contributed by atoms with Gasteiger partial charge in [-0.3, -0.25) is 4.79 Å². The van der Waals surface area contributed by atoms with Crippen LogP contribution >= 0.6 is 0 Å². The number of amides is 1. The maximum atomic E-state index is 11.5. The fourth-order valence-electron chi connectivity index (χ4n) is 1.30. The van der Waals surface area contributed by atoms with Crippen LogP contribution in [0.25, 0.3) is 0 Å². The minimum absolute atomic E-state index is 0.264. The first-order valence-electron chi connectivity index (χ1n) is 5.00. The number of nitrogen functional groups attached to an aromatic ring is 1. The predicted molar refractivity (Wildman–Crippen MR) is 64.5 cm³/mol. The third-order valence-corrected chi connectivity index (χ3v) is 2.29. The Bertz CT molecular complexity index is 446. The van der Waals surface area contributed by atoms with E-state index < -0.39 is 17.9 Å². The fourth-order valence-corrected chi connectivity index (χ4v) is 1.30. The molecule has 0 saturated heterocycles. The summed E-state index contributed by atoms with van der Waals surface area (Å²) in [5.41, 5.74) is 11.8. The minimum atomic E-state index is -0.636. The van der Waals surface area contributed by atoms with E-state index in [1.54, 1.807) is 25.1 Å². The van der Waals surface area contributed by atoms with Crippen LogP contribution in [0.3, 0.4) is 0 Å². The molecule has 6 nitrogen and oxygen atoms in total. The highest BCUT2D eigenvalue weighted by Gasteiger charge is 2.17. The maximum Gasteiger partial charge on any atom is 0.340 e. The van der Waals surface area contributed by atoms with Gasteiger partial charge in [-0.25, -0.2) is 4.79 Å². The molecule has 0 aromatic heterocycles. The zero-order valence-electron chi connectivity index (χ0n) is 9.69. The number of primary amides is 1. The first-order valence-corrected chi connectivity index (χ1v) is 5.00. The summed E-state index contributed by atoms with van der Waals surface area (Å²) in [5, 5.41) is 2.79. The molecule has 0 aliphatic carbocycles. The second-order valence-corrected chi connectivity index (χ2v) is 3.53. The van der Waals surface area contributed by atoms with Gasteiger partial charge in [0.15, 0.2) is 0 Å². The van der Waals surface area contributed by atoms with Gasteiger partial charge in [0, 0.05) is 0 Å². The lowest BCUT2D eigenvalue weighted by molar-refractivity contribution is -0.118. The van der Waals surface area contributed by atoms with Gasteiger partial charge in [0.2, 0.25) is 5.91 Å². The summed E-state index contributed by atoms with van der Waals surface area (Å²) in [7, 11) is 1.27. The van der Waals surface area contributed by atoms with E-state index in [9.17, 15) is 9.59 Å². The minimum Gasteiger partial charge on any atom is -0.465 e. The van der Waals surface area contributed by atoms with Crippen molar-refractivity contribution in [1.82, 2.24) is 0 Å². The number of anilines is 2. The lowest BCUT2D eigenvalue weighted by Crippen LogP contribution is -2.33. The summed E-state index contributed by atoms with van der Waals surface area (Å²) < 4.78 is 4.62. The van der Waals surface area contributed by atoms with Gasteiger partial charge >= 0.3 is 5.97 Å². The molecule has 1 unspecified atom stereocenters. The second-order valence-electron chi connectivity index (χ2n) is 3.53. The molecule has 0 spiro atoms. The number of ether oxygens (including phenoxy) is 1. The van der Waals surface area contributed by atoms with Crippen molar-refractivity contribution >= 4 is 23.3 Å². The molecule has 17 heavy (non-hydrogen) atoms. The number of nitrogens with one attached hydrogen (secondary N) is 1. The molecule has 1 amide bonds. The van der Waals surface area contributed by atoms with Gasteiger partial charge in [-0.1, -0.05) is 6.07 Å².